The zero-order valence-corrected chi connectivity index (χ0v) is 14.1. The number of hydrogen-bond donors (Lipinski definition) is 2. The number of furan rings is 1. The number of para-hydroxylation sites is 1. The highest BCUT2D eigenvalue weighted by Crippen LogP contribution is 2.18. The van der Waals surface area contributed by atoms with Gasteiger partial charge in [0.05, 0.1) is 6.26 Å². The molecule has 2 N–H and O–H groups in total. The molecule has 1 aromatic carbocycles. The van der Waals surface area contributed by atoms with E-state index in [-0.39, 0.29) is 5.91 Å². The van der Waals surface area contributed by atoms with Gasteiger partial charge >= 0.3 is 0 Å². The standard InChI is InChI=1S/C19H18N4O3/c24-17(7-8-18-22-19(23-26-18)16-6-3-11-25-16)20-10-9-13-12-21-15-5-2-1-4-14(13)15/h1-6,11-12,21H,7-10H2,(H,20,24). The number of rotatable bonds is 7. The van der Waals surface area contributed by atoms with Crippen LogP contribution in [0.25, 0.3) is 22.5 Å². The molecule has 1 amide bonds. The lowest BCUT2D eigenvalue weighted by Gasteiger charge is -2.03. The quantitative estimate of drug-likeness (QED) is 0.534. The first kappa shape index (κ1) is 16.1. The van der Waals surface area contributed by atoms with Crippen molar-refractivity contribution in [2.75, 3.05) is 6.54 Å². The van der Waals surface area contributed by atoms with E-state index in [4.69, 9.17) is 8.94 Å². The molecule has 0 bridgehead atoms. The van der Waals surface area contributed by atoms with Gasteiger partial charge in [-0.1, -0.05) is 23.4 Å². The molecule has 132 valence electrons. The summed E-state index contributed by atoms with van der Waals surface area (Å²) in [4.78, 5) is 19.5. The molecule has 3 aromatic heterocycles. The van der Waals surface area contributed by atoms with Gasteiger partial charge in [0, 0.05) is 36.5 Å². The molecule has 0 radical (unpaired) electrons. The van der Waals surface area contributed by atoms with Gasteiger partial charge in [-0.2, -0.15) is 4.98 Å². The summed E-state index contributed by atoms with van der Waals surface area (Å²) in [5.41, 5.74) is 2.30. The predicted molar refractivity (Wildman–Crippen MR) is 95.3 cm³/mol. The number of carbonyl (C=O) groups is 1. The van der Waals surface area contributed by atoms with Crippen LogP contribution in [0.15, 0.2) is 57.8 Å². The zero-order chi connectivity index (χ0) is 17.8. The molecule has 0 saturated heterocycles. The van der Waals surface area contributed by atoms with Crippen LogP contribution in [0, 0.1) is 0 Å². The molecule has 7 nitrogen and oxygen atoms in total. The number of aromatic nitrogens is 3. The van der Waals surface area contributed by atoms with Crippen LogP contribution in [0.2, 0.25) is 0 Å². The molecule has 0 fully saturated rings. The Bertz CT molecular complexity index is 1000. The van der Waals surface area contributed by atoms with Gasteiger partial charge in [-0.15, -0.1) is 0 Å². The molecule has 0 spiro atoms. The smallest absolute Gasteiger partial charge is 0.238 e. The van der Waals surface area contributed by atoms with Crippen LogP contribution in [0.3, 0.4) is 0 Å². The fraction of sp³-hybridized carbons (Fsp3) is 0.211. The van der Waals surface area contributed by atoms with Crippen molar-refractivity contribution in [2.45, 2.75) is 19.3 Å². The second kappa shape index (κ2) is 7.26. The Kier molecular flexibility index (Phi) is 4.51. The minimum atomic E-state index is -0.0393. The molecule has 3 heterocycles. The maximum absolute atomic E-state index is 12.0. The van der Waals surface area contributed by atoms with Crippen molar-refractivity contribution in [1.29, 1.82) is 0 Å². The van der Waals surface area contributed by atoms with E-state index in [2.05, 4.69) is 26.5 Å². The van der Waals surface area contributed by atoms with Crippen molar-refractivity contribution in [3.63, 3.8) is 0 Å². The Morgan fingerprint density at radius 1 is 1.15 bits per heavy atom. The molecule has 4 rings (SSSR count). The average molecular weight is 350 g/mol. The molecule has 0 unspecified atom stereocenters. The van der Waals surface area contributed by atoms with Crippen molar-refractivity contribution in [3.05, 3.63) is 60.3 Å². The Balaban J connectivity index is 1.24. The first-order valence-electron chi connectivity index (χ1n) is 8.48. The third kappa shape index (κ3) is 3.51. The summed E-state index contributed by atoms with van der Waals surface area (Å²) in [5.74, 6) is 1.32. The minimum Gasteiger partial charge on any atom is -0.461 e. The van der Waals surface area contributed by atoms with E-state index in [1.807, 2.05) is 24.4 Å². The number of nitrogens with zero attached hydrogens (tertiary/aromatic N) is 2. The van der Waals surface area contributed by atoms with Crippen LogP contribution in [0.5, 0.6) is 0 Å². The van der Waals surface area contributed by atoms with Crippen LogP contribution >= 0.6 is 0 Å². The first-order valence-corrected chi connectivity index (χ1v) is 8.48. The summed E-state index contributed by atoms with van der Waals surface area (Å²) >= 11 is 0. The highest BCUT2D eigenvalue weighted by atomic mass is 16.5. The van der Waals surface area contributed by atoms with E-state index in [9.17, 15) is 4.79 Å². The summed E-state index contributed by atoms with van der Waals surface area (Å²) < 4.78 is 10.4. The average Bonchev–Trinajstić information content (AvgIpc) is 3.40. The van der Waals surface area contributed by atoms with Crippen molar-refractivity contribution in [2.24, 2.45) is 0 Å². The third-order valence-electron chi connectivity index (χ3n) is 4.17. The van der Waals surface area contributed by atoms with E-state index in [0.717, 1.165) is 11.9 Å². The monoisotopic (exact) mass is 350 g/mol. The lowest BCUT2D eigenvalue weighted by molar-refractivity contribution is -0.121. The number of benzene rings is 1. The van der Waals surface area contributed by atoms with Gasteiger partial charge in [0.15, 0.2) is 5.76 Å². The fourth-order valence-corrected chi connectivity index (χ4v) is 2.85. The maximum Gasteiger partial charge on any atom is 0.238 e. The van der Waals surface area contributed by atoms with E-state index in [0.29, 0.717) is 36.9 Å². The summed E-state index contributed by atoms with van der Waals surface area (Å²) in [6, 6.07) is 11.6. The van der Waals surface area contributed by atoms with Gasteiger partial charge < -0.3 is 19.2 Å². The van der Waals surface area contributed by atoms with Gasteiger partial charge in [-0.3, -0.25) is 4.79 Å². The largest absolute Gasteiger partial charge is 0.461 e. The fourth-order valence-electron chi connectivity index (χ4n) is 2.85. The van der Waals surface area contributed by atoms with E-state index >= 15 is 0 Å². The number of hydrogen-bond acceptors (Lipinski definition) is 5. The molecule has 26 heavy (non-hydrogen) atoms. The Labute approximate surface area is 149 Å². The Morgan fingerprint density at radius 3 is 2.96 bits per heavy atom. The SMILES string of the molecule is O=C(CCc1nc(-c2ccco2)no1)NCCc1c[nH]c2ccccc12. The number of fused-ring (bicyclic) bond motifs is 1. The summed E-state index contributed by atoms with van der Waals surface area (Å²) in [7, 11) is 0. The van der Waals surface area contributed by atoms with Gasteiger partial charge in [-0.05, 0) is 30.2 Å². The Morgan fingerprint density at radius 2 is 2.08 bits per heavy atom. The number of aryl methyl sites for hydroxylation is 1. The third-order valence-corrected chi connectivity index (χ3v) is 4.17. The minimum absolute atomic E-state index is 0.0393. The number of carbonyl (C=O) groups excluding carboxylic acids is 1. The van der Waals surface area contributed by atoms with E-state index in [1.54, 1.807) is 18.4 Å². The highest BCUT2D eigenvalue weighted by molar-refractivity contribution is 5.83. The molecule has 0 aliphatic carbocycles. The van der Waals surface area contributed by atoms with Crippen molar-refractivity contribution in [3.8, 4) is 11.6 Å². The van der Waals surface area contributed by atoms with Crippen LogP contribution in [0.4, 0.5) is 0 Å². The lowest BCUT2D eigenvalue weighted by Crippen LogP contribution is -2.25. The zero-order valence-electron chi connectivity index (χ0n) is 14.1. The molecular formula is C19H18N4O3. The van der Waals surface area contributed by atoms with Gasteiger partial charge in [0.1, 0.15) is 0 Å². The predicted octanol–water partition coefficient (Wildman–Crippen LogP) is 3.10. The van der Waals surface area contributed by atoms with Gasteiger partial charge in [0.25, 0.3) is 0 Å². The van der Waals surface area contributed by atoms with Crippen LogP contribution in [-0.4, -0.2) is 27.6 Å². The van der Waals surface area contributed by atoms with E-state index < -0.39 is 0 Å². The maximum atomic E-state index is 12.0. The van der Waals surface area contributed by atoms with Crippen molar-refractivity contribution < 1.29 is 13.7 Å². The molecular weight excluding hydrogens is 332 g/mol. The lowest BCUT2D eigenvalue weighted by atomic mass is 10.1. The van der Waals surface area contributed by atoms with Gasteiger partial charge in [0.2, 0.25) is 17.6 Å². The highest BCUT2D eigenvalue weighted by Gasteiger charge is 2.12. The summed E-state index contributed by atoms with van der Waals surface area (Å²) in [6.07, 6.45) is 5.01. The molecule has 0 aliphatic heterocycles. The second-order valence-corrected chi connectivity index (χ2v) is 5.95. The first-order chi connectivity index (χ1) is 12.8. The van der Waals surface area contributed by atoms with E-state index in [1.165, 1.54) is 10.9 Å². The van der Waals surface area contributed by atoms with Crippen LogP contribution < -0.4 is 5.32 Å². The number of H-pyrrole nitrogens is 1. The second-order valence-electron chi connectivity index (χ2n) is 5.95. The number of aromatic amines is 1. The van der Waals surface area contributed by atoms with Crippen LogP contribution in [-0.2, 0) is 17.6 Å². The molecule has 4 aromatic rings. The van der Waals surface area contributed by atoms with Crippen LogP contribution in [0.1, 0.15) is 17.9 Å². The number of nitrogens with one attached hydrogen (secondary N) is 2. The van der Waals surface area contributed by atoms with Gasteiger partial charge in [-0.25, -0.2) is 0 Å². The molecule has 0 aliphatic rings. The summed E-state index contributed by atoms with van der Waals surface area (Å²) in [5, 5.41) is 7.97. The molecule has 0 saturated carbocycles. The van der Waals surface area contributed by atoms with Crippen molar-refractivity contribution >= 4 is 16.8 Å². The topological polar surface area (TPSA) is 96.9 Å². The number of amides is 1. The van der Waals surface area contributed by atoms with Crippen molar-refractivity contribution in [1.82, 2.24) is 20.4 Å². The normalized spacial score (nSPS) is 11.1. The summed E-state index contributed by atoms with van der Waals surface area (Å²) in [6.45, 7) is 0.585. The Hall–Kier alpha value is -3.35. The molecule has 0 atom stereocenters. The molecule has 7 heteroatoms.